The lowest BCUT2D eigenvalue weighted by atomic mass is 10.0. The Kier molecular flexibility index (Phi) is 7.65. The molecule has 2 unspecified atom stereocenters. The molecule has 3 atom stereocenters. The van der Waals surface area contributed by atoms with Gasteiger partial charge in [0.1, 0.15) is 17.1 Å². The van der Waals surface area contributed by atoms with Crippen molar-refractivity contribution >= 4 is 27.6 Å². The monoisotopic (exact) mass is 517 g/mol. The van der Waals surface area contributed by atoms with Gasteiger partial charge < -0.3 is 14.5 Å². The Morgan fingerprint density at radius 2 is 1.81 bits per heavy atom. The number of methoxy groups -OCH3 is 1. The maximum atomic E-state index is 15.5. The highest BCUT2D eigenvalue weighted by atomic mass is 32.2. The molecular formula is C26H32FN3O5S. The van der Waals surface area contributed by atoms with Gasteiger partial charge in [0.2, 0.25) is 15.9 Å². The lowest BCUT2D eigenvalue weighted by Crippen LogP contribution is -2.58. The van der Waals surface area contributed by atoms with Crippen molar-refractivity contribution in [3.8, 4) is 0 Å². The van der Waals surface area contributed by atoms with Crippen molar-refractivity contribution in [1.29, 1.82) is 0 Å². The van der Waals surface area contributed by atoms with Gasteiger partial charge in [-0.05, 0) is 37.5 Å². The predicted octanol–water partition coefficient (Wildman–Crippen LogP) is 3.26. The van der Waals surface area contributed by atoms with Gasteiger partial charge >= 0.3 is 5.97 Å². The minimum absolute atomic E-state index is 0.143. The van der Waals surface area contributed by atoms with E-state index in [1.807, 2.05) is 30.3 Å². The predicted molar refractivity (Wildman–Crippen MR) is 134 cm³/mol. The first kappa shape index (κ1) is 26.1. The van der Waals surface area contributed by atoms with Crippen LogP contribution in [0.1, 0.15) is 49.1 Å². The lowest BCUT2D eigenvalue weighted by Gasteiger charge is -2.41. The molecule has 36 heavy (non-hydrogen) atoms. The third kappa shape index (κ3) is 4.97. The van der Waals surface area contributed by atoms with Gasteiger partial charge in [0.15, 0.2) is 0 Å². The number of carbonyl (C=O) groups is 2. The van der Waals surface area contributed by atoms with E-state index in [0.717, 1.165) is 5.56 Å². The van der Waals surface area contributed by atoms with Crippen molar-refractivity contribution in [2.24, 2.45) is 0 Å². The van der Waals surface area contributed by atoms with E-state index in [9.17, 15) is 18.0 Å². The Morgan fingerprint density at radius 1 is 1.08 bits per heavy atom. The zero-order valence-electron chi connectivity index (χ0n) is 20.8. The van der Waals surface area contributed by atoms with Gasteiger partial charge in [-0.25, -0.2) is 17.6 Å². The van der Waals surface area contributed by atoms with Crippen LogP contribution in [0.25, 0.3) is 0 Å². The smallest absolute Gasteiger partial charge is 0.330 e. The second-order valence-corrected chi connectivity index (χ2v) is 11.3. The minimum atomic E-state index is -3.69. The molecule has 2 aliphatic rings. The summed E-state index contributed by atoms with van der Waals surface area (Å²) < 4.78 is 48.8. The normalized spacial score (nSPS) is 23.2. The summed E-state index contributed by atoms with van der Waals surface area (Å²) in [5.74, 6) is -1.20. The third-order valence-corrected chi connectivity index (χ3v) is 9.58. The number of benzene rings is 2. The van der Waals surface area contributed by atoms with E-state index >= 15 is 4.39 Å². The fraction of sp³-hybridized carbons (Fsp3) is 0.462. The standard InChI is InChI=1S/C26H32FN3O5S/c1-18(30-13-7-10-25(36(30,33)34)20-8-5-4-6-9-20)22-12-11-21(16-23(22)27)29-15-14-28(19(2)31)17-24(29)26(32)35-3/h4-6,8-9,11-12,16,18,24-25H,7,10,13-15,17H2,1-3H3/t18?,24-,25?/m0/s1. The number of hydrogen-bond donors (Lipinski definition) is 0. The summed E-state index contributed by atoms with van der Waals surface area (Å²) >= 11 is 0. The van der Waals surface area contributed by atoms with Crippen molar-refractivity contribution in [2.45, 2.75) is 44.0 Å². The van der Waals surface area contributed by atoms with Crippen LogP contribution in [0.5, 0.6) is 0 Å². The van der Waals surface area contributed by atoms with Gasteiger partial charge in [-0.1, -0.05) is 36.4 Å². The number of esters is 1. The molecule has 8 nitrogen and oxygen atoms in total. The molecule has 0 aliphatic carbocycles. The summed E-state index contributed by atoms with van der Waals surface area (Å²) in [5, 5.41) is -0.657. The number of halogens is 1. The number of anilines is 1. The first-order chi connectivity index (χ1) is 17.1. The highest BCUT2D eigenvalue weighted by Gasteiger charge is 2.40. The number of ether oxygens (including phenoxy) is 1. The first-order valence-electron chi connectivity index (χ1n) is 12.1. The Morgan fingerprint density at radius 3 is 2.44 bits per heavy atom. The summed E-state index contributed by atoms with van der Waals surface area (Å²) in [6.45, 7) is 4.35. The molecule has 0 spiro atoms. The molecule has 194 valence electrons. The average molecular weight is 518 g/mol. The molecule has 2 saturated heterocycles. The molecule has 1 amide bonds. The molecule has 2 aromatic rings. The van der Waals surface area contributed by atoms with E-state index in [-0.39, 0.29) is 18.0 Å². The minimum Gasteiger partial charge on any atom is -0.467 e. The Hall–Kier alpha value is -2.98. The molecular weight excluding hydrogens is 485 g/mol. The molecule has 10 heteroatoms. The Balaban J connectivity index is 1.59. The van der Waals surface area contributed by atoms with E-state index in [4.69, 9.17) is 4.74 Å². The van der Waals surface area contributed by atoms with Crippen molar-refractivity contribution < 1.29 is 27.1 Å². The molecule has 0 aromatic heterocycles. The van der Waals surface area contributed by atoms with E-state index in [1.165, 1.54) is 24.4 Å². The molecule has 0 bridgehead atoms. The molecule has 0 N–H and O–H groups in total. The van der Waals surface area contributed by atoms with Crippen LogP contribution in [-0.4, -0.2) is 68.8 Å². The number of carbonyl (C=O) groups excluding carboxylic acids is 2. The summed E-state index contributed by atoms with van der Waals surface area (Å²) in [4.78, 5) is 27.6. The van der Waals surface area contributed by atoms with Crippen LogP contribution in [-0.2, 0) is 24.3 Å². The van der Waals surface area contributed by atoms with Gasteiger partial charge in [0.25, 0.3) is 0 Å². The van der Waals surface area contributed by atoms with Crippen molar-refractivity contribution in [1.82, 2.24) is 9.21 Å². The van der Waals surface area contributed by atoms with Crippen molar-refractivity contribution in [3.63, 3.8) is 0 Å². The summed E-state index contributed by atoms with van der Waals surface area (Å²) in [5.41, 5.74) is 1.49. The van der Waals surface area contributed by atoms with Crippen molar-refractivity contribution in [3.05, 3.63) is 65.5 Å². The van der Waals surface area contributed by atoms with Crippen LogP contribution in [0.4, 0.5) is 10.1 Å². The topological polar surface area (TPSA) is 87.2 Å². The Bertz CT molecular complexity index is 1220. The molecule has 2 aliphatic heterocycles. The number of sulfonamides is 1. The number of nitrogens with zero attached hydrogens (tertiary/aromatic N) is 3. The average Bonchev–Trinajstić information content (AvgIpc) is 2.87. The highest BCUT2D eigenvalue weighted by molar-refractivity contribution is 7.89. The van der Waals surface area contributed by atoms with E-state index in [0.29, 0.717) is 38.2 Å². The van der Waals surface area contributed by atoms with Gasteiger partial charge in [-0.15, -0.1) is 0 Å². The molecule has 0 radical (unpaired) electrons. The summed E-state index contributed by atoms with van der Waals surface area (Å²) in [6.07, 6.45) is 1.21. The maximum Gasteiger partial charge on any atom is 0.330 e. The summed E-state index contributed by atoms with van der Waals surface area (Å²) in [6, 6.07) is 12.3. The van der Waals surface area contributed by atoms with Crippen LogP contribution in [0, 0.1) is 5.82 Å². The highest BCUT2D eigenvalue weighted by Crippen LogP contribution is 2.39. The van der Waals surface area contributed by atoms with Gasteiger partial charge in [-0.3, -0.25) is 4.79 Å². The first-order valence-corrected chi connectivity index (χ1v) is 13.6. The van der Waals surface area contributed by atoms with Crippen molar-refractivity contribution in [2.75, 3.05) is 38.2 Å². The molecule has 2 heterocycles. The van der Waals surface area contributed by atoms with Gasteiger partial charge in [0.05, 0.1) is 13.7 Å². The largest absolute Gasteiger partial charge is 0.467 e. The molecule has 2 fully saturated rings. The van der Waals surface area contributed by atoms with Crippen LogP contribution in [0.15, 0.2) is 48.5 Å². The lowest BCUT2D eigenvalue weighted by molar-refractivity contribution is -0.144. The summed E-state index contributed by atoms with van der Waals surface area (Å²) in [7, 11) is -2.41. The quantitative estimate of drug-likeness (QED) is 0.566. The van der Waals surface area contributed by atoms with E-state index in [2.05, 4.69) is 0 Å². The van der Waals surface area contributed by atoms with Crippen LogP contribution in [0.3, 0.4) is 0 Å². The second kappa shape index (κ2) is 10.6. The van der Waals surface area contributed by atoms with Gasteiger partial charge in [-0.2, -0.15) is 4.31 Å². The van der Waals surface area contributed by atoms with Gasteiger partial charge in [0, 0.05) is 43.9 Å². The number of amides is 1. The molecule has 4 rings (SSSR count). The van der Waals surface area contributed by atoms with Crippen LogP contribution in [0.2, 0.25) is 0 Å². The number of rotatable bonds is 5. The molecule has 2 aromatic carbocycles. The fourth-order valence-electron chi connectivity index (χ4n) is 5.20. The van der Waals surface area contributed by atoms with E-state index < -0.39 is 39.1 Å². The number of piperazine rings is 1. The zero-order valence-corrected chi connectivity index (χ0v) is 21.6. The maximum absolute atomic E-state index is 15.5. The van der Waals surface area contributed by atoms with Crippen LogP contribution < -0.4 is 4.90 Å². The van der Waals surface area contributed by atoms with E-state index in [1.54, 1.807) is 28.9 Å². The SMILES string of the molecule is COC(=O)[C@@H]1CN(C(C)=O)CCN1c1ccc(C(C)N2CCCC(c3ccccc3)S2(=O)=O)c(F)c1. The third-order valence-electron chi connectivity index (χ3n) is 7.20. The number of hydrogen-bond acceptors (Lipinski definition) is 6. The zero-order chi connectivity index (χ0) is 26.0. The molecule has 0 saturated carbocycles. The second-order valence-electron chi connectivity index (χ2n) is 9.28. The Labute approximate surface area is 211 Å². The fourth-order valence-corrected chi connectivity index (χ4v) is 7.43. The van der Waals surface area contributed by atoms with Crippen LogP contribution >= 0.6 is 0 Å².